The summed E-state index contributed by atoms with van der Waals surface area (Å²) in [5, 5.41) is 9.00. The standard InChI is InChI=1S/C10H7Cl2NO3/c1-15-9(14)5-16-10-7(11)2-6(4-13)3-8(10)12/h2-3H,5H2,1H3. The zero-order valence-electron chi connectivity index (χ0n) is 8.29. The first-order valence-corrected chi connectivity index (χ1v) is 4.93. The summed E-state index contributed by atoms with van der Waals surface area (Å²) in [5.74, 6) is -0.385. The van der Waals surface area contributed by atoms with Gasteiger partial charge in [-0.2, -0.15) is 5.26 Å². The van der Waals surface area contributed by atoms with E-state index in [4.69, 9.17) is 33.2 Å². The Hall–Kier alpha value is -1.44. The molecule has 0 bridgehead atoms. The lowest BCUT2D eigenvalue weighted by Crippen LogP contribution is -2.12. The highest BCUT2D eigenvalue weighted by molar-refractivity contribution is 6.37. The second-order valence-electron chi connectivity index (χ2n) is 2.75. The van der Waals surface area contributed by atoms with E-state index in [2.05, 4.69) is 4.74 Å². The van der Waals surface area contributed by atoms with Gasteiger partial charge in [0.1, 0.15) is 0 Å². The molecular formula is C10H7Cl2NO3. The molecular weight excluding hydrogens is 253 g/mol. The van der Waals surface area contributed by atoms with Crippen LogP contribution in [0.4, 0.5) is 0 Å². The summed E-state index contributed by atoms with van der Waals surface area (Å²) < 4.78 is 9.47. The fourth-order valence-corrected chi connectivity index (χ4v) is 1.55. The minimum Gasteiger partial charge on any atom is -0.479 e. The van der Waals surface area contributed by atoms with Gasteiger partial charge in [-0.1, -0.05) is 23.2 Å². The van der Waals surface area contributed by atoms with Crippen LogP contribution in [0.5, 0.6) is 5.75 Å². The van der Waals surface area contributed by atoms with Crippen molar-refractivity contribution in [3.8, 4) is 11.8 Å². The highest BCUT2D eigenvalue weighted by Crippen LogP contribution is 2.33. The number of methoxy groups -OCH3 is 1. The Kier molecular flexibility index (Phi) is 4.41. The second kappa shape index (κ2) is 5.59. The molecule has 0 unspecified atom stereocenters. The fraction of sp³-hybridized carbons (Fsp3) is 0.200. The molecule has 0 fully saturated rings. The van der Waals surface area contributed by atoms with Gasteiger partial charge in [0.25, 0.3) is 0 Å². The number of carbonyl (C=O) groups is 1. The lowest BCUT2D eigenvalue weighted by atomic mass is 10.2. The molecule has 0 spiro atoms. The molecule has 0 aliphatic heterocycles. The first kappa shape index (κ1) is 12.6. The van der Waals surface area contributed by atoms with E-state index >= 15 is 0 Å². The number of nitriles is 1. The summed E-state index contributed by atoms with van der Waals surface area (Å²) >= 11 is 11.7. The molecule has 0 saturated carbocycles. The van der Waals surface area contributed by atoms with Gasteiger partial charge in [-0.3, -0.25) is 0 Å². The monoisotopic (exact) mass is 259 g/mol. The van der Waals surface area contributed by atoms with Gasteiger partial charge in [-0.05, 0) is 12.1 Å². The van der Waals surface area contributed by atoms with E-state index in [1.54, 1.807) is 0 Å². The minimum atomic E-state index is -0.545. The molecule has 0 radical (unpaired) electrons. The molecule has 0 aliphatic rings. The largest absolute Gasteiger partial charge is 0.479 e. The van der Waals surface area contributed by atoms with Gasteiger partial charge in [0, 0.05) is 0 Å². The molecule has 0 heterocycles. The Morgan fingerprint density at radius 3 is 2.44 bits per heavy atom. The number of ether oxygens (including phenoxy) is 2. The van der Waals surface area contributed by atoms with E-state index in [1.165, 1.54) is 19.2 Å². The number of carbonyl (C=O) groups excluding carboxylic acids is 1. The Morgan fingerprint density at radius 1 is 1.44 bits per heavy atom. The molecule has 0 amide bonds. The van der Waals surface area contributed by atoms with Gasteiger partial charge < -0.3 is 9.47 Å². The topological polar surface area (TPSA) is 59.3 Å². The van der Waals surface area contributed by atoms with Crippen molar-refractivity contribution in [2.45, 2.75) is 0 Å². The lowest BCUT2D eigenvalue weighted by Gasteiger charge is -2.08. The Balaban J connectivity index is 2.89. The first-order valence-electron chi connectivity index (χ1n) is 4.17. The molecule has 6 heteroatoms. The van der Waals surface area contributed by atoms with Crippen LogP contribution in [0.2, 0.25) is 10.0 Å². The van der Waals surface area contributed by atoms with E-state index in [9.17, 15) is 4.79 Å². The van der Waals surface area contributed by atoms with Crippen LogP contribution in [-0.2, 0) is 9.53 Å². The predicted molar refractivity (Wildman–Crippen MR) is 58.7 cm³/mol. The summed E-state index contributed by atoms with van der Waals surface area (Å²) in [6.07, 6.45) is 0. The number of hydrogen-bond donors (Lipinski definition) is 0. The maximum Gasteiger partial charge on any atom is 0.343 e. The molecule has 16 heavy (non-hydrogen) atoms. The second-order valence-corrected chi connectivity index (χ2v) is 3.56. The maximum absolute atomic E-state index is 10.8. The number of rotatable bonds is 3. The minimum absolute atomic E-state index is 0.160. The van der Waals surface area contributed by atoms with Crippen molar-refractivity contribution in [1.82, 2.24) is 0 Å². The summed E-state index contributed by atoms with van der Waals surface area (Å²) in [6, 6.07) is 4.70. The molecule has 0 N–H and O–H groups in total. The Labute approximate surface area is 102 Å². The SMILES string of the molecule is COC(=O)COc1c(Cl)cc(C#N)cc1Cl. The van der Waals surface area contributed by atoms with Gasteiger partial charge in [-0.15, -0.1) is 0 Å². The molecule has 0 saturated heterocycles. The zero-order valence-corrected chi connectivity index (χ0v) is 9.80. The van der Waals surface area contributed by atoms with E-state index < -0.39 is 5.97 Å². The third-order valence-corrected chi connectivity index (χ3v) is 2.25. The predicted octanol–water partition coefficient (Wildman–Crippen LogP) is 2.42. The van der Waals surface area contributed by atoms with Gasteiger partial charge in [0.2, 0.25) is 0 Å². The van der Waals surface area contributed by atoms with Crippen molar-refractivity contribution in [3.63, 3.8) is 0 Å². The molecule has 4 nitrogen and oxygen atoms in total. The van der Waals surface area contributed by atoms with Crippen molar-refractivity contribution in [1.29, 1.82) is 5.26 Å². The van der Waals surface area contributed by atoms with Crippen molar-refractivity contribution >= 4 is 29.2 Å². The van der Waals surface area contributed by atoms with Crippen molar-refractivity contribution in [2.24, 2.45) is 0 Å². The zero-order chi connectivity index (χ0) is 12.1. The Morgan fingerprint density at radius 2 is 2.00 bits per heavy atom. The number of esters is 1. The number of benzene rings is 1. The van der Waals surface area contributed by atoms with Crippen LogP contribution < -0.4 is 4.74 Å². The van der Waals surface area contributed by atoms with Gasteiger partial charge in [0.15, 0.2) is 12.4 Å². The Bertz CT molecular complexity index is 431. The van der Waals surface area contributed by atoms with Crippen LogP contribution in [0.15, 0.2) is 12.1 Å². The van der Waals surface area contributed by atoms with Gasteiger partial charge in [-0.25, -0.2) is 4.79 Å². The maximum atomic E-state index is 10.8. The third-order valence-electron chi connectivity index (χ3n) is 1.69. The summed E-state index contributed by atoms with van der Waals surface area (Å²) in [5.41, 5.74) is 0.320. The van der Waals surface area contributed by atoms with Crippen LogP contribution in [-0.4, -0.2) is 19.7 Å². The van der Waals surface area contributed by atoms with Crippen molar-refractivity contribution < 1.29 is 14.3 Å². The number of halogens is 2. The van der Waals surface area contributed by atoms with Crippen LogP contribution in [0.1, 0.15) is 5.56 Å². The van der Waals surface area contributed by atoms with Crippen LogP contribution >= 0.6 is 23.2 Å². The summed E-state index contributed by atoms with van der Waals surface area (Å²) in [4.78, 5) is 10.8. The lowest BCUT2D eigenvalue weighted by molar-refractivity contribution is -0.142. The van der Waals surface area contributed by atoms with Crippen molar-refractivity contribution in [2.75, 3.05) is 13.7 Å². The highest BCUT2D eigenvalue weighted by atomic mass is 35.5. The third kappa shape index (κ3) is 3.02. The van der Waals surface area contributed by atoms with E-state index in [0.717, 1.165) is 0 Å². The molecule has 0 aliphatic carbocycles. The fourth-order valence-electron chi connectivity index (χ4n) is 0.952. The summed E-state index contributed by atoms with van der Waals surface area (Å²) in [7, 11) is 1.24. The normalized spacial score (nSPS) is 9.38. The van der Waals surface area contributed by atoms with E-state index in [-0.39, 0.29) is 22.4 Å². The first-order chi connectivity index (χ1) is 7.58. The van der Waals surface area contributed by atoms with E-state index in [0.29, 0.717) is 5.56 Å². The number of nitrogens with zero attached hydrogens (tertiary/aromatic N) is 1. The molecule has 84 valence electrons. The average Bonchev–Trinajstić information content (AvgIpc) is 2.27. The molecule has 1 aromatic carbocycles. The molecule has 1 aromatic rings. The smallest absolute Gasteiger partial charge is 0.343 e. The van der Waals surface area contributed by atoms with E-state index in [1.807, 2.05) is 6.07 Å². The van der Waals surface area contributed by atoms with Gasteiger partial charge in [0.05, 0.1) is 28.8 Å². The summed E-state index contributed by atoms with van der Waals surface area (Å²) in [6.45, 7) is -0.290. The van der Waals surface area contributed by atoms with Crippen LogP contribution in [0, 0.1) is 11.3 Å². The van der Waals surface area contributed by atoms with Gasteiger partial charge >= 0.3 is 5.97 Å². The quantitative estimate of drug-likeness (QED) is 0.783. The molecule has 0 aromatic heterocycles. The van der Waals surface area contributed by atoms with Crippen molar-refractivity contribution in [3.05, 3.63) is 27.7 Å². The average molecular weight is 260 g/mol. The molecule has 1 rings (SSSR count). The van der Waals surface area contributed by atoms with Crippen LogP contribution in [0.3, 0.4) is 0 Å². The molecule has 0 atom stereocenters. The van der Waals surface area contributed by atoms with Crippen LogP contribution in [0.25, 0.3) is 0 Å². The number of hydrogen-bond acceptors (Lipinski definition) is 4. The highest BCUT2D eigenvalue weighted by Gasteiger charge is 2.11.